The standard InChI is InChI=1S/C20H31N3O2/c1-16(17-7-9-21-10-8-17)15-20(24)23-13-11-22(12-14-23)18-5-3-4-6-19(18)25-2/h3-6,16-17,21H,7-15H2,1-2H3. The van der Waals surface area contributed by atoms with E-state index in [1.54, 1.807) is 7.11 Å². The van der Waals surface area contributed by atoms with Gasteiger partial charge in [-0.2, -0.15) is 0 Å². The first-order valence-corrected chi connectivity index (χ1v) is 9.55. The van der Waals surface area contributed by atoms with Gasteiger partial charge in [0.1, 0.15) is 5.75 Å². The molecule has 1 N–H and O–H groups in total. The Morgan fingerprint density at radius 3 is 2.56 bits per heavy atom. The number of ether oxygens (including phenoxy) is 1. The average molecular weight is 345 g/mol. The monoisotopic (exact) mass is 345 g/mol. The Kier molecular flexibility index (Phi) is 6.19. The van der Waals surface area contributed by atoms with Crippen LogP contribution in [0.2, 0.25) is 0 Å². The number of anilines is 1. The zero-order valence-corrected chi connectivity index (χ0v) is 15.5. The first kappa shape index (κ1) is 18.1. The predicted octanol–water partition coefficient (Wildman–Crippen LogP) is 2.37. The van der Waals surface area contributed by atoms with Gasteiger partial charge in [0.15, 0.2) is 0 Å². The number of piperazine rings is 1. The van der Waals surface area contributed by atoms with Gasteiger partial charge < -0.3 is 19.9 Å². The molecule has 1 unspecified atom stereocenters. The fraction of sp³-hybridized carbons (Fsp3) is 0.650. The Balaban J connectivity index is 1.50. The van der Waals surface area contributed by atoms with Crippen molar-refractivity contribution in [2.75, 3.05) is 51.3 Å². The SMILES string of the molecule is COc1ccccc1N1CCN(C(=O)CC(C)C2CCNCC2)CC1. The van der Waals surface area contributed by atoms with E-state index in [4.69, 9.17) is 4.74 Å². The Hall–Kier alpha value is -1.75. The summed E-state index contributed by atoms with van der Waals surface area (Å²) >= 11 is 0. The van der Waals surface area contributed by atoms with E-state index in [9.17, 15) is 4.79 Å². The van der Waals surface area contributed by atoms with Crippen molar-refractivity contribution in [1.29, 1.82) is 0 Å². The van der Waals surface area contributed by atoms with Crippen molar-refractivity contribution in [3.05, 3.63) is 24.3 Å². The largest absolute Gasteiger partial charge is 0.495 e. The van der Waals surface area contributed by atoms with E-state index >= 15 is 0 Å². The van der Waals surface area contributed by atoms with Crippen molar-refractivity contribution < 1.29 is 9.53 Å². The van der Waals surface area contributed by atoms with Gasteiger partial charge >= 0.3 is 0 Å². The van der Waals surface area contributed by atoms with E-state index in [0.29, 0.717) is 24.2 Å². The van der Waals surface area contributed by atoms with Crippen LogP contribution in [0.5, 0.6) is 5.75 Å². The maximum Gasteiger partial charge on any atom is 0.222 e. The van der Waals surface area contributed by atoms with Gasteiger partial charge in [-0.3, -0.25) is 4.79 Å². The molecule has 0 saturated carbocycles. The molecule has 2 aliphatic heterocycles. The van der Waals surface area contributed by atoms with Gasteiger partial charge in [0.05, 0.1) is 12.8 Å². The molecule has 2 saturated heterocycles. The summed E-state index contributed by atoms with van der Waals surface area (Å²) in [7, 11) is 1.71. The number of amides is 1. The Morgan fingerprint density at radius 2 is 1.88 bits per heavy atom. The molecule has 2 fully saturated rings. The Labute approximate surface area is 151 Å². The number of nitrogens with one attached hydrogen (secondary N) is 1. The van der Waals surface area contributed by atoms with Crippen LogP contribution in [0, 0.1) is 11.8 Å². The minimum atomic E-state index is 0.325. The van der Waals surface area contributed by atoms with Crippen molar-refractivity contribution in [3.63, 3.8) is 0 Å². The average Bonchev–Trinajstić information content (AvgIpc) is 2.68. The Bertz CT molecular complexity index is 564. The van der Waals surface area contributed by atoms with Crippen LogP contribution >= 0.6 is 0 Å². The number of benzene rings is 1. The molecule has 0 aromatic heterocycles. The van der Waals surface area contributed by atoms with Gasteiger partial charge in [0, 0.05) is 32.6 Å². The van der Waals surface area contributed by atoms with Crippen molar-refractivity contribution in [2.24, 2.45) is 11.8 Å². The van der Waals surface area contributed by atoms with Gasteiger partial charge in [-0.25, -0.2) is 0 Å². The lowest BCUT2D eigenvalue weighted by Gasteiger charge is -2.37. The smallest absolute Gasteiger partial charge is 0.222 e. The summed E-state index contributed by atoms with van der Waals surface area (Å²) in [5, 5.41) is 3.40. The summed E-state index contributed by atoms with van der Waals surface area (Å²) in [4.78, 5) is 17.0. The second kappa shape index (κ2) is 8.56. The molecule has 1 amide bonds. The van der Waals surface area contributed by atoms with Gasteiger partial charge in [-0.1, -0.05) is 19.1 Å². The van der Waals surface area contributed by atoms with Crippen molar-refractivity contribution >= 4 is 11.6 Å². The summed E-state index contributed by atoms with van der Waals surface area (Å²) in [6.45, 7) is 7.79. The summed E-state index contributed by atoms with van der Waals surface area (Å²) in [5.74, 6) is 2.41. The molecule has 0 spiro atoms. The number of para-hydroxylation sites is 2. The highest BCUT2D eigenvalue weighted by atomic mass is 16.5. The maximum atomic E-state index is 12.7. The molecule has 3 rings (SSSR count). The van der Waals surface area contributed by atoms with E-state index in [-0.39, 0.29) is 0 Å². The molecule has 2 aliphatic rings. The third-order valence-electron chi connectivity index (χ3n) is 5.74. The van der Waals surface area contributed by atoms with Crippen LogP contribution in [0.1, 0.15) is 26.2 Å². The molecule has 1 atom stereocenters. The first-order chi connectivity index (χ1) is 12.2. The first-order valence-electron chi connectivity index (χ1n) is 9.55. The van der Waals surface area contributed by atoms with Crippen LogP contribution in [0.15, 0.2) is 24.3 Å². The number of carbonyl (C=O) groups excluding carboxylic acids is 1. The van der Waals surface area contributed by atoms with E-state index in [2.05, 4.69) is 23.2 Å². The minimum absolute atomic E-state index is 0.325. The lowest BCUT2D eigenvalue weighted by atomic mass is 9.84. The topological polar surface area (TPSA) is 44.8 Å². The molecule has 0 radical (unpaired) electrons. The third-order valence-corrected chi connectivity index (χ3v) is 5.74. The van der Waals surface area contributed by atoms with E-state index in [1.165, 1.54) is 12.8 Å². The lowest BCUT2D eigenvalue weighted by molar-refractivity contribution is -0.132. The number of piperidine rings is 1. The molecule has 0 aliphatic carbocycles. The van der Waals surface area contributed by atoms with Crippen LogP contribution in [-0.2, 0) is 4.79 Å². The molecule has 138 valence electrons. The summed E-state index contributed by atoms with van der Waals surface area (Å²) in [6, 6.07) is 8.11. The van der Waals surface area contributed by atoms with Crippen LogP contribution in [0.4, 0.5) is 5.69 Å². The number of carbonyl (C=O) groups is 1. The molecule has 25 heavy (non-hydrogen) atoms. The summed E-state index contributed by atoms with van der Waals surface area (Å²) in [5.41, 5.74) is 1.13. The van der Waals surface area contributed by atoms with Crippen LogP contribution in [0.3, 0.4) is 0 Å². The van der Waals surface area contributed by atoms with Crippen LogP contribution in [-0.4, -0.2) is 57.2 Å². The van der Waals surface area contributed by atoms with Gasteiger partial charge in [0.25, 0.3) is 0 Å². The van der Waals surface area contributed by atoms with Gasteiger partial charge in [0.2, 0.25) is 5.91 Å². The maximum absolute atomic E-state index is 12.7. The zero-order chi connectivity index (χ0) is 17.6. The second-order valence-corrected chi connectivity index (χ2v) is 7.31. The van der Waals surface area contributed by atoms with Crippen LogP contribution < -0.4 is 15.0 Å². The number of methoxy groups -OCH3 is 1. The van der Waals surface area contributed by atoms with E-state index in [0.717, 1.165) is 50.7 Å². The third kappa shape index (κ3) is 4.46. The normalized spacial score (nSPS) is 20.4. The zero-order valence-electron chi connectivity index (χ0n) is 15.5. The fourth-order valence-electron chi connectivity index (χ4n) is 4.07. The summed E-state index contributed by atoms with van der Waals surface area (Å²) in [6.07, 6.45) is 3.10. The molecular formula is C20H31N3O2. The molecule has 5 nitrogen and oxygen atoms in total. The highest BCUT2D eigenvalue weighted by Gasteiger charge is 2.27. The quantitative estimate of drug-likeness (QED) is 0.890. The van der Waals surface area contributed by atoms with E-state index in [1.807, 2.05) is 23.1 Å². The lowest BCUT2D eigenvalue weighted by Crippen LogP contribution is -2.49. The highest BCUT2D eigenvalue weighted by Crippen LogP contribution is 2.29. The number of rotatable bonds is 5. The van der Waals surface area contributed by atoms with Crippen molar-refractivity contribution in [1.82, 2.24) is 10.2 Å². The van der Waals surface area contributed by atoms with Gasteiger partial charge in [-0.15, -0.1) is 0 Å². The molecule has 2 heterocycles. The molecule has 1 aromatic rings. The summed E-state index contributed by atoms with van der Waals surface area (Å²) < 4.78 is 5.47. The van der Waals surface area contributed by atoms with Crippen molar-refractivity contribution in [2.45, 2.75) is 26.2 Å². The molecule has 0 bridgehead atoms. The molecule has 5 heteroatoms. The van der Waals surface area contributed by atoms with Gasteiger partial charge in [-0.05, 0) is 49.9 Å². The fourth-order valence-corrected chi connectivity index (χ4v) is 4.07. The number of nitrogens with zero attached hydrogens (tertiary/aromatic N) is 2. The van der Waals surface area contributed by atoms with E-state index < -0.39 is 0 Å². The highest BCUT2D eigenvalue weighted by molar-refractivity contribution is 5.77. The minimum Gasteiger partial charge on any atom is -0.495 e. The number of hydrogen-bond donors (Lipinski definition) is 1. The second-order valence-electron chi connectivity index (χ2n) is 7.31. The predicted molar refractivity (Wildman–Crippen MR) is 101 cm³/mol. The molecule has 1 aromatic carbocycles. The Morgan fingerprint density at radius 1 is 1.20 bits per heavy atom. The number of hydrogen-bond acceptors (Lipinski definition) is 4. The van der Waals surface area contributed by atoms with Crippen LogP contribution in [0.25, 0.3) is 0 Å². The van der Waals surface area contributed by atoms with Crippen molar-refractivity contribution in [3.8, 4) is 5.75 Å². The molecular weight excluding hydrogens is 314 g/mol.